The molecule has 0 aromatic carbocycles. The van der Waals surface area contributed by atoms with Crippen LogP contribution in [0.15, 0.2) is 28.8 Å². The second-order valence-electron chi connectivity index (χ2n) is 6.67. The molecular weight excluding hydrogens is 473 g/mol. The summed E-state index contributed by atoms with van der Waals surface area (Å²) in [5.74, 6) is 2.42. The molecule has 3 rings (SSSR count). The fourth-order valence-electron chi connectivity index (χ4n) is 3.17. The van der Waals surface area contributed by atoms with Crippen LogP contribution in [-0.4, -0.2) is 51.8 Å². The smallest absolute Gasteiger partial charge is 0.191 e. The second kappa shape index (κ2) is 11.6. The van der Waals surface area contributed by atoms with Crippen LogP contribution in [-0.2, 0) is 20.1 Å². The van der Waals surface area contributed by atoms with Crippen LogP contribution in [0.25, 0.3) is 0 Å². The van der Waals surface area contributed by atoms with E-state index < -0.39 is 0 Å². The van der Waals surface area contributed by atoms with Gasteiger partial charge in [-0.3, -0.25) is 9.58 Å². The Morgan fingerprint density at radius 2 is 2.15 bits per heavy atom. The normalized spacial score (nSPS) is 16.1. The van der Waals surface area contributed by atoms with Crippen LogP contribution in [0.5, 0.6) is 0 Å². The van der Waals surface area contributed by atoms with E-state index in [1.54, 1.807) is 11.0 Å². The lowest BCUT2D eigenvalue weighted by atomic mass is 9.97. The summed E-state index contributed by atoms with van der Waals surface area (Å²) >= 11 is 1.85. The minimum atomic E-state index is 0. The number of thiophene rings is 1. The first-order valence-corrected chi connectivity index (χ1v) is 10.2. The molecule has 2 N–H and O–H groups in total. The fraction of sp³-hybridized carbons (Fsp3) is 0.611. The molecule has 2 aromatic rings. The van der Waals surface area contributed by atoms with Gasteiger partial charge in [0, 0.05) is 31.6 Å². The van der Waals surface area contributed by atoms with E-state index in [0.29, 0.717) is 12.5 Å². The molecule has 0 atom stereocenters. The Balaban J connectivity index is 0.00000261. The Bertz CT molecular complexity index is 678. The summed E-state index contributed by atoms with van der Waals surface area (Å²) in [4.78, 5) is 12.9. The van der Waals surface area contributed by atoms with E-state index in [2.05, 4.69) is 55.0 Å². The molecule has 0 radical (unpaired) electrons. The average Bonchev–Trinajstić information content (AvgIpc) is 3.30. The van der Waals surface area contributed by atoms with Gasteiger partial charge in [-0.05, 0) is 50.2 Å². The highest BCUT2D eigenvalue weighted by Gasteiger charge is 2.19. The lowest BCUT2D eigenvalue weighted by Crippen LogP contribution is -2.42. The van der Waals surface area contributed by atoms with Gasteiger partial charge in [-0.1, -0.05) is 6.07 Å². The molecule has 1 aliphatic rings. The number of aliphatic imine (C=N–C) groups is 1. The predicted molar refractivity (Wildman–Crippen MR) is 122 cm³/mol. The van der Waals surface area contributed by atoms with Crippen molar-refractivity contribution in [3.05, 3.63) is 34.5 Å². The Kier molecular flexibility index (Phi) is 9.49. The minimum Gasteiger partial charge on any atom is -0.357 e. The zero-order valence-corrected chi connectivity index (χ0v) is 19.2. The topological polar surface area (TPSA) is 70.4 Å². The Morgan fingerprint density at radius 1 is 1.33 bits per heavy atom. The Morgan fingerprint density at radius 3 is 2.78 bits per heavy atom. The number of aryl methyl sites for hydroxylation is 1. The van der Waals surface area contributed by atoms with Crippen molar-refractivity contribution in [3.63, 3.8) is 0 Å². The van der Waals surface area contributed by atoms with Crippen molar-refractivity contribution in [2.45, 2.75) is 32.9 Å². The fourth-order valence-corrected chi connectivity index (χ4v) is 3.91. The van der Waals surface area contributed by atoms with Gasteiger partial charge in [0.1, 0.15) is 18.7 Å². The molecule has 1 saturated heterocycles. The lowest BCUT2D eigenvalue weighted by Gasteiger charge is -2.32. The third-order valence-corrected chi connectivity index (χ3v) is 5.61. The summed E-state index contributed by atoms with van der Waals surface area (Å²) in [5.41, 5.74) is 0. The number of likely N-dealkylation sites (tertiary alicyclic amines) is 1. The van der Waals surface area contributed by atoms with Crippen molar-refractivity contribution in [1.82, 2.24) is 30.3 Å². The molecule has 0 saturated carbocycles. The van der Waals surface area contributed by atoms with Crippen LogP contribution in [0.2, 0.25) is 0 Å². The molecule has 2 aromatic heterocycles. The Hall–Kier alpha value is -1.20. The van der Waals surface area contributed by atoms with Gasteiger partial charge in [0.05, 0.1) is 0 Å². The molecule has 0 bridgehead atoms. The van der Waals surface area contributed by atoms with Gasteiger partial charge in [-0.25, -0.2) is 9.98 Å². The summed E-state index contributed by atoms with van der Waals surface area (Å²) in [6, 6.07) is 4.37. The summed E-state index contributed by atoms with van der Waals surface area (Å²) in [5, 5.41) is 13.1. The first-order valence-electron chi connectivity index (χ1n) is 9.34. The number of hydrogen-bond donors (Lipinski definition) is 2. The van der Waals surface area contributed by atoms with Gasteiger partial charge < -0.3 is 10.6 Å². The first kappa shape index (κ1) is 22.1. The van der Waals surface area contributed by atoms with Crippen molar-refractivity contribution >= 4 is 41.3 Å². The number of piperidine rings is 1. The van der Waals surface area contributed by atoms with Gasteiger partial charge in [0.25, 0.3) is 0 Å². The van der Waals surface area contributed by atoms with Gasteiger partial charge in [0.2, 0.25) is 0 Å². The molecule has 0 unspecified atom stereocenters. The van der Waals surface area contributed by atoms with Crippen LogP contribution >= 0.6 is 35.3 Å². The van der Waals surface area contributed by atoms with E-state index in [1.807, 2.05) is 18.4 Å². The number of hydrogen-bond acceptors (Lipinski definition) is 5. The highest BCUT2D eigenvalue weighted by molar-refractivity contribution is 14.0. The third-order valence-electron chi connectivity index (χ3n) is 4.75. The minimum absolute atomic E-state index is 0. The monoisotopic (exact) mass is 503 g/mol. The largest absolute Gasteiger partial charge is 0.357 e. The standard InChI is InChI=1S/C18H29N7S.HI/c1-3-19-18(21-12-17-22-14-23-24(17)2)20-11-15-6-8-25(9-7-15)13-16-5-4-10-26-16;/h4-5,10,14-15H,3,6-9,11-13H2,1-2H3,(H2,19,20,21);1H. The van der Waals surface area contributed by atoms with Crippen molar-refractivity contribution < 1.29 is 0 Å². The van der Waals surface area contributed by atoms with Crippen LogP contribution < -0.4 is 10.6 Å². The van der Waals surface area contributed by atoms with Gasteiger partial charge in [-0.2, -0.15) is 5.10 Å². The van der Waals surface area contributed by atoms with E-state index in [4.69, 9.17) is 0 Å². The van der Waals surface area contributed by atoms with Crippen molar-refractivity contribution in [2.24, 2.45) is 18.0 Å². The number of aromatic nitrogens is 3. The molecule has 0 spiro atoms. The van der Waals surface area contributed by atoms with Gasteiger partial charge in [-0.15, -0.1) is 35.3 Å². The zero-order valence-electron chi connectivity index (χ0n) is 16.1. The van der Waals surface area contributed by atoms with Crippen LogP contribution in [0.3, 0.4) is 0 Å². The lowest BCUT2D eigenvalue weighted by molar-refractivity contribution is 0.179. The third kappa shape index (κ3) is 7.04. The molecule has 0 aliphatic carbocycles. The highest BCUT2D eigenvalue weighted by atomic mass is 127. The molecule has 1 aliphatic heterocycles. The van der Waals surface area contributed by atoms with E-state index in [0.717, 1.165) is 31.4 Å². The molecule has 7 nitrogen and oxygen atoms in total. The molecule has 27 heavy (non-hydrogen) atoms. The number of nitrogens with one attached hydrogen (secondary N) is 2. The van der Waals surface area contributed by atoms with E-state index in [-0.39, 0.29) is 24.0 Å². The number of rotatable bonds is 7. The molecule has 3 heterocycles. The van der Waals surface area contributed by atoms with Crippen LogP contribution in [0, 0.1) is 5.92 Å². The summed E-state index contributed by atoms with van der Waals surface area (Å²) < 4.78 is 1.76. The molecule has 9 heteroatoms. The summed E-state index contributed by atoms with van der Waals surface area (Å²) in [7, 11) is 1.89. The predicted octanol–water partition coefficient (Wildman–Crippen LogP) is 2.46. The van der Waals surface area contributed by atoms with E-state index >= 15 is 0 Å². The van der Waals surface area contributed by atoms with E-state index in [1.165, 1.54) is 30.8 Å². The maximum Gasteiger partial charge on any atom is 0.191 e. The van der Waals surface area contributed by atoms with Crippen LogP contribution in [0.1, 0.15) is 30.5 Å². The second-order valence-corrected chi connectivity index (χ2v) is 7.71. The quantitative estimate of drug-likeness (QED) is 0.345. The van der Waals surface area contributed by atoms with Crippen molar-refractivity contribution in [1.29, 1.82) is 0 Å². The number of guanidine groups is 1. The molecule has 1 fully saturated rings. The number of nitrogens with zero attached hydrogens (tertiary/aromatic N) is 5. The summed E-state index contributed by atoms with van der Waals surface area (Å²) in [6.45, 7) is 7.89. The summed E-state index contributed by atoms with van der Waals surface area (Å²) in [6.07, 6.45) is 4.04. The zero-order chi connectivity index (χ0) is 18.2. The Labute approximate surface area is 182 Å². The van der Waals surface area contributed by atoms with Crippen molar-refractivity contribution in [2.75, 3.05) is 26.2 Å². The highest BCUT2D eigenvalue weighted by Crippen LogP contribution is 2.20. The van der Waals surface area contributed by atoms with Crippen molar-refractivity contribution in [3.8, 4) is 0 Å². The first-order chi connectivity index (χ1) is 12.7. The molecule has 0 amide bonds. The van der Waals surface area contributed by atoms with Crippen LogP contribution in [0.4, 0.5) is 0 Å². The van der Waals surface area contributed by atoms with E-state index in [9.17, 15) is 0 Å². The maximum absolute atomic E-state index is 4.63. The molecule has 150 valence electrons. The number of halogens is 1. The van der Waals surface area contributed by atoms with Gasteiger partial charge in [0.15, 0.2) is 5.96 Å². The maximum atomic E-state index is 4.63. The van der Waals surface area contributed by atoms with Gasteiger partial charge >= 0.3 is 0 Å². The average molecular weight is 503 g/mol. The SMILES string of the molecule is CCNC(=NCc1ncnn1C)NCC1CCN(Cc2cccs2)CC1.I. The molecular formula is C18H30IN7S.